The molecule has 0 aromatic heterocycles. The lowest BCUT2D eigenvalue weighted by Crippen LogP contribution is -2.79. The number of allylic oxidation sites excluding steroid dienone is 1. The van der Waals surface area contributed by atoms with Gasteiger partial charge in [-0.2, -0.15) is 0 Å². The van der Waals surface area contributed by atoms with Crippen LogP contribution in [0.5, 0.6) is 0 Å². The number of hydrogen-bond acceptors (Lipinski definition) is 13. The van der Waals surface area contributed by atoms with Crippen LogP contribution in [0.1, 0.15) is 100 Å². The predicted molar refractivity (Wildman–Crippen MR) is 202 cm³/mol. The van der Waals surface area contributed by atoms with Crippen LogP contribution in [0.15, 0.2) is 54.6 Å². The summed E-state index contributed by atoms with van der Waals surface area (Å²) >= 11 is 0. The molecule has 0 amide bonds. The summed E-state index contributed by atoms with van der Waals surface area (Å²) in [5.41, 5.74) is -7.95. The summed E-state index contributed by atoms with van der Waals surface area (Å²) in [6.07, 6.45) is -3.39. The van der Waals surface area contributed by atoms with Crippen molar-refractivity contribution in [2.45, 2.75) is 154 Å². The Morgan fingerprint density at radius 1 is 0.982 bits per heavy atom. The van der Waals surface area contributed by atoms with E-state index in [9.17, 15) is 34.5 Å². The highest BCUT2D eigenvalue weighted by Crippen LogP contribution is 2.57. The van der Waals surface area contributed by atoms with E-state index < -0.39 is 82.9 Å². The van der Waals surface area contributed by atoms with Gasteiger partial charge in [-0.25, -0.2) is 19.2 Å². The molecule has 0 radical (unpaired) electrons. The SMILES string of the molecule is C=C(CC[C@]12O[C@H](C(=O)OC)[C@@](O)(C(=O)OC(C)(C)C)[C@](C(=O)OC(C)(C)C)(O1)[C@H](OC(=O)/C=C/[C@@H](C)C[C@@H](C)CC)[C@H]2O)[C@@H](O)[C@H](C)Cc1ccccc1. The Hall–Kier alpha value is -3.62. The molecule has 2 aliphatic heterocycles. The monoisotopic (exact) mass is 774 g/mol. The van der Waals surface area contributed by atoms with Gasteiger partial charge in [-0.15, -0.1) is 0 Å². The summed E-state index contributed by atoms with van der Waals surface area (Å²) in [6.45, 7) is 20.9. The minimum absolute atomic E-state index is 0.0647. The number of fused-ring (bicyclic) bond motifs is 2. The van der Waals surface area contributed by atoms with Crippen LogP contribution in [0, 0.1) is 17.8 Å². The molecule has 2 saturated heterocycles. The van der Waals surface area contributed by atoms with E-state index in [0.717, 1.165) is 31.6 Å². The zero-order valence-electron chi connectivity index (χ0n) is 34.2. The lowest BCUT2D eigenvalue weighted by molar-refractivity contribution is -0.377. The van der Waals surface area contributed by atoms with Crippen molar-refractivity contribution in [3.63, 3.8) is 0 Å². The highest BCUT2D eigenvalue weighted by molar-refractivity contribution is 6.00. The molecule has 1 aromatic carbocycles. The van der Waals surface area contributed by atoms with Crippen molar-refractivity contribution in [2.75, 3.05) is 7.11 Å². The average molecular weight is 775 g/mol. The second-order valence-corrected chi connectivity index (χ2v) is 17.1. The smallest absolute Gasteiger partial charge is 0.347 e. The highest BCUT2D eigenvalue weighted by atomic mass is 16.8. The van der Waals surface area contributed by atoms with Gasteiger partial charge in [0, 0.05) is 12.5 Å². The summed E-state index contributed by atoms with van der Waals surface area (Å²) in [6, 6.07) is 9.53. The number of methoxy groups -OCH3 is 1. The van der Waals surface area contributed by atoms with Gasteiger partial charge in [-0.3, -0.25) is 0 Å². The maximum atomic E-state index is 14.6. The topological polar surface area (TPSA) is 184 Å². The van der Waals surface area contributed by atoms with Crippen molar-refractivity contribution in [2.24, 2.45) is 17.8 Å². The van der Waals surface area contributed by atoms with Gasteiger partial charge in [0.2, 0.25) is 17.5 Å². The van der Waals surface area contributed by atoms with Crippen molar-refractivity contribution in [1.29, 1.82) is 0 Å². The molecule has 0 unspecified atom stereocenters. The third-order valence-corrected chi connectivity index (χ3v) is 9.99. The maximum Gasteiger partial charge on any atom is 0.347 e. The van der Waals surface area contributed by atoms with E-state index in [1.54, 1.807) is 6.08 Å². The number of carbonyl (C=O) groups is 4. The van der Waals surface area contributed by atoms with Gasteiger partial charge in [-0.05, 0) is 89.7 Å². The van der Waals surface area contributed by atoms with Gasteiger partial charge in [0.05, 0.1) is 13.2 Å². The van der Waals surface area contributed by atoms with E-state index >= 15 is 0 Å². The summed E-state index contributed by atoms with van der Waals surface area (Å²) in [7, 11) is 0.969. The van der Waals surface area contributed by atoms with E-state index in [4.69, 9.17) is 28.4 Å². The Balaban J connectivity index is 2.20. The predicted octanol–water partition coefficient (Wildman–Crippen LogP) is 4.92. The summed E-state index contributed by atoms with van der Waals surface area (Å²) in [5.74, 6) is -7.85. The molecule has 0 aliphatic carbocycles. The standard InChI is InChI=1S/C42H62O13/c1-13-25(2)23-26(3)19-20-30(43)51-33-32(45)40(22-21-27(4)31(44)28(5)24-29-17-15-14-16-18-29)52-34(35(46)50-12)41(49,36(47)53-38(6,7)8)42(33,55-40)37(48)54-39(9,10)11/h14-20,25-26,28,31-34,44-45,49H,4,13,21-24H2,1-3,5-12H3/b20-19+/t25-,26+,28+,31+,32+,33+,34+,40-,41+,42-/m0/s1. The Bertz CT molecular complexity index is 1560. The van der Waals surface area contributed by atoms with Crippen LogP contribution in [-0.2, 0) is 54.0 Å². The number of aliphatic hydroxyl groups excluding tert-OH is 2. The van der Waals surface area contributed by atoms with E-state index in [2.05, 4.69) is 20.4 Å². The minimum Gasteiger partial charge on any atom is -0.467 e. The fraction of sp³-hybridized carbons (Fsp3) is 0.667. The van der Waals surface area contributed by atoms with Crippen LogP contribution in [0.4, 0.5) is 0 Å². The molecule has 2 bridgehead atoms. The van der Waals surface area contributed by atoms with Crippen molar-refractivity contribution >= 4 is 23.9 Å². The van der Waals surface area contributed by atoms with Crippen LogP contribution in [0.25, 0.3) is 0 Å². The van der Waals surface area contributed by atoms with Crippen LogP contribution >= 0.6 is 0 Å². The van der Waals surface area contributed by atoms with Crippen molar-refractivity contribution in [3.05, 3.63) is 60.2 Å². The first kappa shape index (κ1) is 45.8. The lowest BCUT2D eigenvalue weighted by Gasteiger charge is -2.51. The van der Waals surface area contributed by atoms with Crippen LogP contribution < -0.4 is 0 Å². The minimum atomic E-state index is -3.46. The number of rotatable bonds is 16. The Morgan fingerprint density at radius 3 is 2.11 bits per heavy atom. The molecular formula is C42H62O13. The molecule has 0 spiro atoms. The van der Waals surface area contributed by atoms with Gasteiger partial charge in [-0.1, -0.05) is 77.1 Å². The number of esters is 4. The molecule has 2 fully saturated rings. The number of benzene rings is 1. The molecule has 13 heteroatoms. The summed E-state index contributed by atoms with van der Waals surface area (Å²) in [4.78, 5) is 56.1. The maximum absolute atomic E-state index is 14.6. The molecule has 3 rings (SSSR count). The van der Waals surface area contributed by atoms with Crippen molar-refractivity contribution < 1.29 is 62.9 Å². The number of ether oxygens (including phenoxy) is 6. The highest BCUT2D eigenvalue weighted by Gasteiger charge is 2.86. The largest absolute Gasteiger partial charge is 0.467 e. The van der Waals surface area contributed by atoms with E-state index in [-0.39, 0.29) is 18.3 Å². The Kier molecular flexibility index (Phi) is 14.7. The lowest BCUT2D eigenvalue weighted by atomic mass is 9.74. The quantitative estimate of drug-likeness (QED) is 0.0892. The van der Waals surface area contributed by atoms with Gasteiger partial charge in [0.15, 0.2) is 6.10 Å². The third-order valence-electron chi connectivity index (χ3n) is 9.99. The second kappa shape index (κ2) is 17.7. The first-order valence-corrected chi connectivity index (χ1v) is 19.0. The summed E-state index contributed by atoms with van der Waals surface area (Å²) < 4.78 is 34.5. The number of carbonyl (C=O) groups excluding carboxylic acids is 4. The normalized spacial score (nSPS) is 28.8. The Labute approximate surface area is 325 Å². The molecule has 0 saturated carbocycles. The molecule has 3 N–H and O–H groups in total. The zero-order valence-corrected chi connectivity index (χ0v) is 34.2. The van der Waals surface area contributed by atoms with Crippen LogP contribution in [-0.4, -0.2) is 98.9 Å². The average Bonchev–Trinajstić information content (AvgIpc) is 3.31. The molecule has 1 aromatic rings. The third kappa shape index (κ3) is 10.2. The molecule has 13 nitrogen and oxygen atoms in total. The number of hydrogen-bond donors (Lipinski definition) is 3. The second-order valence-electron chi connectivity index (χ2n) is 17.1. The van der Waals surface area contributed by atoms with Gasteiger partial charge < -0.3 is 43.7 Å². The number of aliphatic hydroxyl groups is 3. The molecule has 2 heterocycles. The van der Waals surface area contributed by atoms with Gasteiger partial charge in [0.1, 0.15) is 17.3 Å². The van der Waals surface area contributed by atoms with E-state index in [0.29, 0.717) is 17.9 Å². The van der Waals surface area contributed by atoms with E-state index in [1.807, 2.05) is 44.2 Å². The van der Waals surface area contributed by atoms with Crippen LogP contribution in [0.2, 0.25) is 0 Å². The Morgan fingerprint density at radius 2 is 1.56 bits per heavy atom. The van der Waals surface area contributed by atoms with E-state index in [1.165, 1.54) is 41.5 Å². The molecule has 308 valence electrons. The van der Waals surface area contributed by atoms with Gasteiger partial charge in [0.25, 0.3) is 5.60 Å². The zero-order chi connectivity index (χ0) is 41.7. The molecule has 10 atom stereocenters. The van der Waals surface area contributed by atoms with Crippen LogP contribution in [0.3, 0.4) is 0 Å². The van der Waals surface area contributed by atoms with Crippen molar-refractivity contribution in [3.8, 4) is 0 Å². The molecular weight excluding hydrogens is 712 g/mol. The van der Waals surface area contributed by atoms with Gasteiger partial charge >= 0.3 is 23.9 Å². The fourth-order valence-corrected chi connectivity index (χ4v) is 6.99. The molecule has 2 aliphatic rings. The fourth-order valence-electron chi connectivity index (χ4n) is 6.99. The first-order valence-electron chi connectivity index (χ1n) is 19.0. The summed E-state index contributed by atoms with van der Waals surface area (Å²) in [5, 5.41) is 36.2. The first-order chi connectivity index (χ1) is 25.4. The van der Waals surface area contributed by atoms with Crippen molar-refractivity contribution in [1.82, 2.24) is 0 Å². The molecule has 55 heavy (non-hydrogen) atoms.